The van der Waals surface area contributed by atoms with Crippen LogP contribution in [0.3, 0.4) is 0 Å². The zero-order valence-corrected chi connectivity index (χ0v) is 17.6. The molecule has 1 heterocycles. The molecule has 0 spiro atoms. The van der Waals surface area contributed by atoms with Crippen LogP contribution in [0.2, 0.25) is 0 Å². The van der Waals surface area contributed by atoms with Gasteiger partial charge in [0.15, 0.2) is 17.2 Å². The predicted molar refractivity (Wildman–Crippen MR) is 118 cm³/mol. The van der Waals surface area contributed by atoms with E-state index in [1.807, 2.05) is 0 Å². The Labute approximate surface area is 191 Å². The van der Waals surface area contributed by atoms with Gasteiger partial charge in [-0.05, 0) is 48.0 Å². The summed E-state index contributed by atoms with van der Waals surface area (Å²) in [5, 5.41) is 10.9. The second kappa shape index (κ2) is 9.33. The van der Waals surface area contributed by atoms with Gasteiger partial charge in [-0.2, -0.15) is 0 Å². The lowest BCUT2D eigenvalue weighted by Crippen LogP contribution is -2.09. The van der Waals surface area contributed by atoms with Crippen LogP contribution in [0.1, 0.15) is 21.5 Å². The van der Waals surface area contributed by atoms with E-state index in [-0.39, 0.29) is 34.3 Å². The van der Waals surface area contributed by atoms with Crippen molar-refractivity contribution >= 4 is 29.6 Å². The van der Waals surface area contributed by atoms with Gasteiger partial charge in [0.2, 0.25) is 5.90 Å². The summed E-state index contributed by atoms with van der Waals surface area (Å²) >= 11 is 0. The van der Waals surface area contributed by atoms with Crippen LogP contribution in [0.4, 0.5) is 10.1 Å². The van der Waals surface area contributed by atoms with E-state index in [0.717, 1.165) is 6.07 Å². The molecule has 0 amide bonds. The van der Waals surface area contributed by atoms with Crippen LogP contribution in [0.25, 0.3) is 6.08 Å². The molecule has 0 atom stereocenters. The van der Waals surface area contributed by atoms with E-state index in [0.29, 0.717) is 11.1 Å². The van der Waals surface area contributed by atoms with Crippen LogP contribution < -0.4 is 9.47 Å². The molecule has 0 bridgehead atoms. The number of non-ortho nitro benzene ring substituents is 1. The van der Waals surface area contributed by atoms with Gasteiger partial charge >= 0.3 is 11.9 Å². The molecule has 0 saturated carbocycles. The van der Waals surface area contributed by atoms with Crippen molar-refractivity contribution in [2.24, 2.45) is 4.99 Å². The molecule has 0 unspecified atom stereocenters. The molecular weight excluding hydrogens is 447 g/mol. The van der Waals surface area contributed by atoms with Crippen LogP contribution in [0.15, 0.2) is 77.4 Å². The summed E-state index contributed by atoms with van der Waals surface area (Å²) < 4.78 is 29.2. The lowest BCUT2D eigenvalue weighted by molar-refractivity contribution is -0.384. The maximum Gasteiger partial charge on any atom is 0.363 e. The summed E-state index contributed by atoms with van der Waals surface area (Å²) in [5.74, 6) is -1.79. The Morgan fingerprint density at radius 3 is 2.62 bits per heavy atom. The minimum Gasteiger partial charge on any atom is -0.493 e. The van der Waals surface area contributed by atoms with Crippen molar-refractivity contribution in [3.63, 3.8) is 0 Å². The smallest absolute Gasteiger partial charge is 0.363 e. The number of ether oxygens (including phenoxy) is 3. The maximum atomic E-state index is 13.4. The summed E-state index contributed by atoms with van der Waals surface area (Å²) in [6.07, 6.45) is 1.43. The third kappa shape index (κ3) is 4.80. The highest BCUT2D eigenvalue weighted by atomic mass is 19.1. The highest BCUT2D eigenvalue weighted by molar-refractivity contribution is 6.12. The highest BCUT2D eigenvalue weighted by Crippen LogP contribution is 2.31. The molecule has 0 saturated heterocycles. The van der Waals surface area contributed by atoms with Gasteiger partial charge in [-0.1, -0.05) is 18.2 Å². The number of carbonyl (C=O) groups is 2. The third-order valence-corrected chi connectivity index (χ3v) is 4.68. The number of benzene rings is 3. The molecular formula is C24H15FN2O7. The molecule has 34 heavy (non-hydrogen) atoms. The molecule has 0 radical (unpaired) electrons. The van der Waals surface area contributed by atoms with Crippen LogP contribution >= 0.6 is 0 Å². The van der Waals surface area contributed by atoms with Gasteiger partial charge in [0.25, 0.3) is 5.69 Å². The summed E-state index contributed by atoms with van der Waals surface area (Å²) in [4.78, 5) is 39.1. The number of nitro groups is 1. The predicted octanol–water partition coefficient (Wildman–Crippen LogP) is 4.31. The molecule has 170 valence electrons. The second-order valence-corrected chi connectivity index (χ2v) is 6.95. The SMILES string of the molecule is COc1cc(/C=C2\N=C(c3cccc(F)c3)OC2=O)ccc1OC(=O)c1cccc([N+](=O)[O-])c1. The van der Waals surface area contributed by atoms with Crippen molar-refractivity contribution in [3.05, 3.63) is 105 Å². The first-order valence-corrected chi connectivity index (χ1v) is 9.77. The average molecular weight is 462 g/mol. The molecule has 0 fully saturated rings. The van der Waals surface area contributed by atoms with Gasteiger partial charge in [-0.25, -0.2) is 19.0 Å². The molecule has 0 aromatic heterocycles. The van der Waals surface area contributed by atoms with Gasteiger partial charge in [0.1, 0.15) is 5.82 Å². The summed E-state index contributed by atoms with van der Waals surface area (Å²) in [6.45, 7) is 0. The van der Waals surface area contributed by atoms with E-state index in [1.165, 1.54) is 61.7 Å². The molecule has 9 nitrogen and oxygen atoms in total. The van der Waals surface area contributed by atoms with Gasteiger partial charge in [0.05, 0.1) is 17.6 Å². The first-order valence-electron chi connectivity index (χ1n) is 9.77. The third-order valence-electron chi connectivity index (χ3n) is 4.68. The van der Waals surface area contributed by atoms with Crippen molar-refractivity contribution in [1.29, 1.82) is 0 Å². The van der Waals surface area contributed by atoms with E-state index >= 15 is 0 Å². The van der Waals surface area contributed by atoms with Gasteiger partial charge < -0.3 is 14.2 Å². The van der Waals surface area contributed by atoms with E-state index in [1.54, 1.807) is 12.1 Å². The van der Waals surface area contributed by atoms with E-state index in [4.69, 9.17) is 14.2 Å². The quantitative estimate of drug-likeness (QED) is 0.176. The number of nitrogens with zero attached hydrogens (tertiary/aromatic N) is 2. The lowest BCUT2D eigenvalue weighted by Gasteiger charge is -2.10. The molecule has 10 heteroatoms. The molecule has 1 aliphatic heterocycles. The highest BCUT2D eigenvalue weighted by Gasteiger charge is 2.24. The Bertz CT molecular complexity index is 1380. The van der Waals surface area contributed by atoms with Gasteiger partial charge in [0, 0.05) is 17.7 Å². The number of aliphatic imine (C=N–C) groups is 1. The maximum absolute atomic E-state index is 13.4. The molecule has 4 rings (SSSR count). The Hall–Kier alpha value is -4.86. The number of hydrogen-bond acceptors (Lipinski definition) is 8. The Morgan fingerprint density at radius 2 is 1.88 bits per heavy atom. The van der Waals surface area contributed by atoms with Gasteiger partial charge in [-0.15, -0.1) is 0 Å². The topological polar surface area (TPSA) is 117 Å². The first-order chi connectivity index (χ1) is 16.3. The zero-order chi connectivity index (χ0) is 24.2. The fraction of sp³-hybridized carbons (Fsp3) is 0.0417. The number of halogens is 1. The van der Waals surface area contributed by atoms with Gasteiger partial charge in [-0.3, -0.25) is 10.1 Å². The lowest BCUT2D eigenvalue weighted by atomic mass is 10.1. The van der Waals surface area contributed by atoms with Crippen LogP contribution in [-0.2, 0) is 9.53 Å². The number of methoxy groups -OCH3 is 1. The monoisotopic (exact) mass is 462 g/mol. The van der Waals surface area contributed by atoms with Crippen molar-refractivity contribution in [2.45, 2.75) is 0 Å². The second-order valence-electron chi connectivity index (χ2n) is 6.95. The van der Waals surface area contributed by atoms with E-state index in [9.17, 15) is 24.1 Å². The Morgan fingerprint density at radius 1 is 1.09 bits per heavy atom. The summed E-state index contributed by atoms with van der Waals surface area (Å²) in [6, 6.07) is 15.1. The summed E-state index contributed by atoms with van der Waals surface area (Å²) in [7, 11) is 1.36. The van der Waals surface area contributed by atoms with E-state index < -0.39 is 22.7 Å². The standard InChI is InChI=1S/C24H15FN2O7/c1-32-21-11-14(10-19-24(29)34-22(26-19)15-4-2-6-17(25)12-15)8-9-20(21)33-23(28)16-5-3-7-18(13-16)27(30)31/h2-13H,1H3/b19-10-. The number of cyclic esters (lactones) is 1. The largest absolute Gasteiger partial charge is 0.493 e. The summed E-state index contributed by atoms with van der Waals surface area (Å²) in [5.41, 5.74) is 0.545. The number of nitro benzene ring substituents is 1. The van der Waals surface area contributed by atoms with Crippen LogP contribution in [0.5, 0.6) is 11.5 Å². The number of esters is 2. The Kier molecular flexibility index (Phi) is 6.13. The number of carbonyl (C=O) groups excluding carboxylic acids is 2. The van der Waals surface area contributed by atoms with Crippen molar-refractivity contribution in [2.75, 3.05) is 7.11 Å². The normalized spacial score (nSPS) is 13.9. The van der Waals surface area contributed by atoms with E-state index in [2.05, 4.69) is 4.99 Å². The minimum atomic E-state index is -0.809. The molecule has 0 N–H and O–H groups in total. The fourth-order valence-corrected chi connectivity index (χ4v) is 3.08. The number of rotatable bonds is 6. The Balaban J connectivity index is 1.57. The van der Waals surface area contributed by atoms with Crippen molar-refractivity contribution in [3.8, 4) is 11.5 Å². The molecule has 1 aliphatic rings. The minimum absolute atomic E-state index is 0.00429. The van der Waals surface area contributed by atoms with Crippen LogP contribution in [-0.4, -0.2) is 29.9 Å². The molecule has 3 aromatic rings. The van der Waals surface area contributed by atoms with Crippen molar-refractivity contribution < 1.29 is 33.1 Å². The van der Waals surface area contributed by atoms with Crippen LogP contribution in [0, 0.1) is 15.9 Å². The zero-order valence-electron chi connectivity index (χ0n) is 17.6. The number of hydrogen-bond donors (Lipinski definition) is 0. The average Bonchev–Trinajstić information content (AvgIpc) is 3.20. The molecule has 0 aliphatic carbocycles. The molecule has 3 aromatic carbocycles. The first kappa shape index (κ1) is 22.3. The van der Waals surface area contributed by atoms with Crippen molar-refractivity contribution in [1.82, 2.24) is 0 Å². The fourth-order valence-electron chi connectivity index (χ4n) is 3.08.